The van der Waals surface area contributed by atoms with E-state index in [0.29, 0.717) is 5.92 Å². The highest BCUT2D eigenvalue weighted by atomic mass is 16.5. The molecule has 4 rings (SSSR count). The van der Waals surface area contributed by atoms with Crippen molar-refractivity contribution in [2.75, 3.05) is 6.61 Å². The summed E-state index contributed by atoms with van der Waals surface area (Å²) in [5.74, 6) is 2.32. The monoisotopic (exact) mass is 364 g/mol. The van der Waals surface area contributed by atoms with E-state index < -0.39 is 0 Å². The number of hydrogen-bond acceptors (Lipinski definition) is 2. The Balaban J connectivity index is 1.68. The third kappa shape index (κ3) is 4.05. The van der Waals surface area contributed by atoms with Crippen LogP contribution < -0.4 is 4.74 Å². The Labute approximate surface area is 163 Å². The van der Waals surface area contributed by atoms with E-state index in [1.807, 2.05) is 0 Å². The summed E-state index contributed by atoms with van der Waals surface area (Å²) in [6.07, 6.45) is 12.9. The second-order valence-corrected chi connectivity index (χ2v) is 8.57. The van der Waals surface area contributed by atoms with Gasteiger partial charge in [-0.2, -0.15) is 0 Å². The summed E-state index contributed by atoms with van der Waals surface area (Å²) < 4.78 is 6.30. The lowest BCUT2D eigenvalue weighted by molar-refractivity contribution is 0.101. The maximum Gasteiger partial charge on any atom is 0.163 e. The molecule has 0 spiro atoms. The van der Waals surface area contributed by atoms with E-state index >= 15 is 0 Å². The fourth-order valence-corrected chi connectivity index (χ4v) is 5.17. The molecule has 2 nitrogen and oxygen atoms in total. The molecule has 2 aliphatic carbocycles. The minimum atomic E-state index is 0.119. The van der Waals surface area contributed by atoms with Gasteiger partial charge in [0.25, 0.3) is 0 Å². The summed E-state index contributed by atoms with van der Waals surface area (Å²) in [4.78, 5) is 12.5. The van der Waals surface area contributed by atoms with Crippen molar-refractivity contribution in [2.24, 2.45) is 5.92 Å². The van der Waals surface area contributed by atoms with Gasteiger partial charge in [0, 0.05) is 5.39 Å². The van der Waals surface area contributed by atoms with E-state index in [-0.39, 0.29) is 5.78 Å². The van der Waals surface area contributed by atoms with E-state index in [2.05, 4.69) is 30.3 Å². The molecule has 0 radical (unpaired) electrons. The highest BCUT2D eigenvalue weighted by Gasteiger charge is 2.23. The van der Waals surface area contributed by atoms with Crippen LogP contribution in [0.4, 0.5) is 0 Å². The molecule has 2 fully saturated rings. The zero-order valence-electron chi connectivity index (χ0n) is 16.6. The molecule has 0 saturated heterocycles. The van der Waals surface area contributed by atoms with Gasteiger partial charge < -0.3 is 4.74 Å². The van der Waals surface area contributed by atoms with Gasteiger partial charge in [0.15, 0.2) is 5.78 Å². The molecule has 0 bridgehead atoms. The number of ether oxygens (including phenoxy) is 1. The molecule has 2 aliphatic rings. The number of hydrogen-bond donors (Lipinski definition) is 0. The van der Waals surface area contributed by atoms with Crippen LogP contribution in [-0.4, -0.2) is 12.4 Å². The lowest BCUT2D eigenvalue weighted by Crippen LogP contribution is -2.10. The Morgan fingerprint density at radius 1 is 0.963 bits per heavy atom. The van der Waals surface area contributed by atoms with E-state index in [0.717, 1.165) is 35.6 Å². The average molecular weight is 365 g/mol. The maximum atomic E-state index is 12.5. The van der Waals surface area contributed by atoms with Crippen molar-refractivity contribution in [3.05, 3.63) is 41.5 Å². The van der Waals surface area contributed by atoms with Crippen LogP contribution in [0.5, 0.6) is 5.75 Å². The highest BCUT2D eigenvalue weighted by molar-refractivity contribution is 6.05. The number of carbonyl (C=O) groups excluding carboxylic acids is 1. The van der Waals surface area contributed by atoms with E-state index in [1.54, 1.807) is 6.92 Å². The zero-order chi connectivity index (χ0) is 18.6. The minimum absolute atomic E-state index is 0.119. The third-order valence-electron chi connectivity index (χ3n) is 6.70. The Bertz CT molecular complexity index is 795. The SMILES string of the molecule is CC(=O)c1cc(C2CCCCC2)c2ccccc2c1OCCC1CCCC1. The standard InChI is InChI=1S/C25H32O2/c1-18(26)23-17-24(20-11-3-2-4-12-20)21-13-7-8-14-22(21)25(23)27-16-15-19-9-5-6-10-19/h7-8,13-14,17,19-20H,2-6,9-12,15-16H2,1H3. The van der Waals surface area contributed by atoms with Crippen molar-refractivity contribution < 1.29 is 9.53 Å². The number of fused-ring (bicyclic) bond motifs is 1. The molecule has 0 aromatic heterocycles. The lowest BCUT2D eigenvalue weighted by Gasteiger charge is -2.25. The van der Waals surface area contributed by atoms with Crippen LogP contribution in [0.3, 0.4) is 0 Å². The highest BCUT2D eigenvalue weighted by Crippen LogP contribution is 2.41. The third-order valence-corrected chi connectivity index (χ3v) is 6.70. The summed E-state index contributed by atoms with van der Waals surface area (Å²) in [5.41, 5.74) is 2.14. The molecule has 2 aromatic rings. The molecule has 0 unspecified atom stereocenters. The fraction of sp³-hybridized carbons (Fsp3) is 0.560. The minimum Gasteiger partial charge on any atom is -0.492 e. The van der Waals surface area contributed by atoms with Gasteiger partial charge in [0.1, 0.15) is 5.75 Å². The first-order valence-electron chi connectivity index (χ1n) is 10.9. The predicted octanol–water partition coefficient (Wildman–Crippen LogP) is 7.05. The molecule has 27 heavy (non-hydrogen) atoms. The molecule has 2 heteroatoms. The van der Waals surface area contributed by atoms with Crippen LogP contribution in [0.1, 0.15) is 93.0 Å². The molecule has 0 amide bonds. The smallest absolute Gasteiger partial charge is 0.163 e. The number of Topliss-reactive ketones (excluding diaryl/α,β-unsaturated/α-hetero) is 1. The van der Waals surface area contributed by atoms with Gasteiger partial charge >= 0.3 is 0 Å². The largest absolute Gasteiger partial charge is 0.492 e. The van der Waals surface area contributed by atoms with Crippen LogP contribution in [0, 0.1) is 5.92 Å². The van der Waals surface area contributed by atoms with E-state index in [4.69, 9.17) is 4.74 Å². The summed E-state index contributed by atoms with van der Waals surface area (Å²) in [6.45, 7) is 2.40. The van der Waals surface area contributed by atoms with Crippen LogP contribution in [0.15, 0.2) is 30.3 Å². The predicted molar refractivity (Wildman–Crippen MR) is 112 cm³/mol. The molecule has 2 aromatic carbocycles. The van der Waals surface area contributed by atoms with Crippen molar-refractivity contribution in [1.29, 1.82) is 0 Å². The molecule has 0 aliphatic heterocycles. The Kier molecular flexibility index (Phi) is 5.80. The molecular weight excluding hydrogens is 332 g/mol. The normalized spacial score (nSPS) is 18.9. The Morgan fingerprint density at radius 2 is 1.63 bits per heavy atom. The molecule has 0 atom stereocenters. The van der Waals surface area contributed by atoms with Gasteiger partial charge in [0.2, 0.25) is 0 Å². The quantitative estimate of drug-likeness (QED) is 0.513. The van der Waals surface area contributed by atoms with Crippen molar-refractivity contribution in [2.45, 2.75) is 77.0 Å². The van der Waals surface area contributed by atoms with Gasteiger partial charge in [-0.05, 0) is 55.0 Å². The molecule has 2 saturated carbocycles. The molecule has 0 N–H and O–H groups in total. The number of benzene rings is 2. The van der Waals surface area contributed by atoms with Crippen molar-refractivity contribution >= 4 is 16.6 Å². The van der Waals surface area contributed by atoms with Crippen molar-refractivity contribution in [3.63, 3.8) is 0 Å². The van der Waals surface area contributed by atoms with Crippen LogP contribution in [-0.2, 0) is 0 Å². The number of rotatable bonds is 6. The summed E-state index contributed by atoms with van der Waals surface area (Å²) >= 11 is 0. The topological polar surface area (TPSA) is 26.3 Å². The number of carbonyl (C=O) groups is 1. The van der Waals surface area contributed by atoms with Crippen LogP contribution >= 0.6 is 0 Å². The van der Waals surface area contributed by atoms with E-state index in [9.17, 15) is 4.79 Å². The zero-order valence-corrected chi connectivity index (χ0v) is 16.6. The van der Waals surface area contributed by atoms with Gasteiger partial charge in [-0.1, -0.05) is 69.2 Å². The van der Waals surface area contributed by atoms with Crippen molar-refractivity contribution in [1.82, 2.24) is 0 Å². The first-order valence-corrected chi connectivity index (χ1v) is 10.9. The van der Waals surface area contributed by atoms with E-state index in [1.165, 1.54) is 68.7 Å². The van der Waals surface area contributed by atoms with Crippen LogP contribution in [0.25, 0.3) is 10.8 Å². The number of ketones is 1. The van der Waals surface area contributed by atoms with Gasteiger partial charge in [0.05, 0.1) is 12.2 Å². The Hall–Kier alpha value is -1.83. The fourth-order valence-electron chi connectivity index (χ4n) is 5.17. The summed E-state index contributed by atoms with van der Waals surface area (Å²) in [7, 11) is 0. The molecule has 144 valence electrons. The first-order chi connectivity index (χ1) is 13.2. The lowest BCUT2D eigenvalue weighted by atomic mass is 9.81. The van der Waals surface area contributed by atoms with Gasteiger partial charge in [-0.25, -0.2) is 0 Å². The van der Waals surface area contributed by atoms with Crippen LogP contribution in [0.2, 0.25) is 0 Å². The molecular formula is C25H32O2. The molecule has 0 heterocycles. The first kappa shape index (κ1) is 18.5. The average Bonchev–Trinajstić information content (AvgIpc) is 3.22. The van der Waals surface area contributed by atoms with Crippen molar-refractivity contribution in [3.8, 4) is 5.75 Å². The maximum absolute atomic E-state index is 12.5. The van der Waals surface area contributed by atoms with Gasteiger partial charge in [-0.3, -0.25) is 4.79 Å². The summed E-state index contributed by atoms with van der Waals surface area (Å²) in [6, 6.07) is 10.7. The Morgan fingerprint density at radius 3 is 2.33 bits per heavy atom. The second-order valence-electron chi connectivity index (χ2n) is 8.57. The second kappa shape index (κ2) is 8.46. The summed E-state index contributed by atoms with van der Waals surface area (Å²) in [5, 5.41) is 2.41. The van der Waals surface area contributed by atoms with Gasteiger partial charge in [-0.15, -0.1) is 0 Å².